The van der Waals surface area contributed by atoms with E-state index in [1.54, 1.807) is 0 Å². The Morgan fingerprint density at radius 1 is 1.21 bits per heavy atom. The Morgan fingerprint density at radius 2 is 2.00 bits per heavy atom. The van der Waals surface area contributed by atoms with Crippen LogP contribution in [0.2, 0.25) is 0 Å². The highest BCUT2D eigenvalue weighted by atomic mass is 16.6. The Kier molecular flexibility index (Phi) is 6.10. The number of likely N-dealkylation sites (tertiary alicyclic amines) is 1. The van der Waals surface area contributed by atoms with Crippen molar-refractivity contribution in [3.8, 4) is 0 Å². The van der Waals surface area contributed by atoms with Gasteiger partial charge in [0.25, 0.3) is 0 Å². The number of benzene rings is 1. The lowest BCUT2D eigenvalue weighted by Crippen LogP contribution is -2.50. The van der Waals surface area contributed by atoms with Crippen LogP contribution < -0.4 is 5.73 Å². The van der Waals surface area contributed by atoms with Crippen LogP contribution in [0.25, 0.3) is 0 Å². The van der Waals surface area contributed by atoms with Gasteiger partial charge in [-0.1, -0.05) is 36.8 Å². The second kappa shape index (κ2) is 8.49. The molecule has 1 aromatic carbocycles. The van der Waals surface area contributed by atoms with Crippen molar-refractivity contribution in [3.05, 3.63) is 35.9 Å². The smallest absolute Gasteiger partial charge is 0.410 e. The number of amides is 1. The minimum Gasteiger partial charge on any atom is -0.445 e. The van der Waals surface area contributed by atoms with E-state index in [4.69, 9.17) is 10.5 Å². The number of carbonyl (C=O) groups excluding carboxylic acids is 1. The van der Waals surface area contributed by atoms with Gasteiger partial charge in [-0.05, 0) is 37.8 Å². The van der Waals surface area contributed by atoms with Crippen LogP contribution in [0.4, 0.5) is 4.79 Å². The molecule has 2 fully saturated rings. The fourth-order valence-corrected chi connectivity index (χ4v) is 3.52. The molecule has 2 aliphatic rings. The molecule has 5 heteroatoms. The van der Waals surface area contributed by atoms with Crippen LogP contribution >= 0.6 is 0 Å². The summed E-state index contributed by atoms with van der Waals surface area (Å²) in [7, 11) is 0. The summed E-state index contributed by atoms with van der Waals surface area (Å²) < 4.78 is 5.57. The summed E-state index contributed by atoms with van der Waals surface area (Å²) in [6.45, 7) is 3.82. The van der Waals surface area contributed by atoms with Crippen molar-refractivity contribution in [3.63, 3.8) is 0 Å². The van der Waals surface area contributed by atoms with Crippen molar-refractivity contribution < 1.29 is 9.53 Å². The Labute approximate surface area is 144 Å². The molecule has 5 nitrogen and oxygen atoms in total. The van der Waals surface area contributed by atoms with Gasteiger partial charge in [-0.25, -0.2) is 4.79 Å². The molecule has 2 N–H and O–H groups in total. The van der Waals surface area contributed by atoms with Crippen LogP contribution in [-0.2, 0) is 11.3 Å². The number of carbonyl (C=O) groups is 1. The molecule has 0 bridgehead atoms. The van der Waals surface area contributed by atoms with Gasteiger partial charge in [0, 0.05) is 31.7 Å². The standard InChI is InChI=1S/C19H29N3O2/c20-11-13-21-12-5-4-8-18(21)14-22(17-9-10-17)19(23)24-15-16-6-2-1-3-7-16/h1-3,6-7,17-18H,4-5,8-15,20H2/t18-/m1/s1. The molecule has 1 heterocycles. The summed E-state index contributed by atoms with van der Waals surface area (Å²) in [6.07, 6.45) is 5.66. The van der Waals surface area contributed by atoms with Crippen molar-refractivity contribution in [1.29, 1.82) is 0 Å². The van der Waals surface area contributed by atoms with Crippen molar-refractivity contribution in [2.24, 2.45) is 5.73 Å². The molecule has 1 saturated carbocycles. The average molecular weight is 331 g/mol. The molecule has 1 amide bonds. The Bertz CT molecular complexity index is 517. The van der Waals surface area contributed by atoms with E-state index in [1.807, 2.05) is 35.2 Å². The summed E-state index contributed by atoms with van der Waals surface area (Å²) >= 11 is 0. The maximum Gasteiger partial charge on any atom is 0.410 e. The first-order chi connectivity index (χ1) is 11.8. The highest BCUT2D eigenvalue weighted by Gasteiger charge is 2.36. The Hall–Kier alpha value is -1.59. The highest BCUT2D eigenvalue weighted by Crippen LogP contribution is 2.29. The molecule has 0 spiro atoms. The van der Waals surface area contributed by atoms with Gasteiger partial charge in [0.1, 0.15) is 6.61 Å². The van der Waals surface area contributed by atoms with Crippen molar-refractivity contribution in [2.45, 2.75) is 50.8 Å². The highest BCUT2D eigenvalue weighted by molar-refractivity contribution is 5.68. The van der Waals surface area contributed by atoms with E-state index >= 15 is 0 Å². The maximum absolute atomic E-state index is 12.6. The first-order valence-corrected chi connectivity index (χ1v) is 9.19. The minimum absolute atomic E-state index is 0.167. The van der Waals surface area contributed by atoms with Crippen molar-refractivity contribution in [1.82, 2.24) is 9.80 Å². The number of ether oxygens (including phenoxy) is 1. The van der Waals surface area contributed by atoms with E-state index in [2.05, 4.69) is 4.90 Å². The van der Waals surface area contributed by atoms with Crippen LogP contribution in [0, 0.1) is 0 Å². The number of hydrogen-bond donors (Lipinski definition) is 1. The number of hydrogen-bond acceptors (Lipinski definition) is 4. The molecule has 3 rings (SSSR count). The Balaban J connectivity index is 1.56. The molecule has 1 aliphatic carbocycles. The van der Waals surface area contributed by atoms with Crippen LogP contribution in [0.5, 0.6) is 0 Å². The van der Waals surface area contributed by atoms with Gasteiger partial charge in [-0.2, -0.15) is 0 Å². The molecule has 0 aromatic heterocycles. The molecule has 0 unspecified atom stereocenters. The molecule has 1 atom stereocenters. The lowest BCUT2D eigenvalue weighted by molar-refractivity contribution is 0.0670. The van der Waals surface area contributed by atoms with Gasteiger partial charge in [0.15, 0.2) is 0 Å². The zero-order valence-corrected chi connectivity index (χ0v) is 14.4. The van der Waals surface area contributed by atoms with Crippen molar-refractivity contribution >= 4 is 6.09 Å². The summed E-state index contributed by atoms with van der Waals surface area (Å²) in [5, 5.41) is 0. The number of nitrogens with zero attached hydrogens (tertiary/aromatic N) is 2. The first kappa shape index (κ1) is 17.2. The molecule has 0 radical (unpaired) electrons. The number of nitrogens with two attached hydrogens (primary N) is 1. The molecular formula is C19H29N3O2. The molecule has 1 aliphatic heterocycles. The van der Waals surface area contributed by atoms with Gasteiger partial charge in [-0.3, -0.25) is 4.90 Å². The Morgan fingerprint density at radius 3 is 2.71 bits per heavy atom. The fraction of sp³-hybridized carbons (Fsp3) is 0.632. The van der Waals surface area contributed by atoms with Crippen LogP contribution in [0.1, 0.15) is 37.7 Å². The van der Waals surface area contributed by atoms with Gasteiger partial charge in [0.2, 0.25) is 0 Å². The fourth-order valence-electron chi connectivity index (χ4n) is 3.52. The lowest BCUT2D eigenvalue weighted by atomic mass is 10.0. The predicted molar refractivity (Wildman–Crippen MR) is 94.6 cm³/mol. The predicted octanol–water partition coefficient (Wildman–Crippen LogP) is 2.60. The van der Waals surface area contributed by atoms with Crippen LogP contribution in [0.3, 0.4) is 0 Å². The van der Waals surface area contributed by atoms with Crippen LogP contribution in [0.15, 0.2) is 30.3 Å². The molecule has 1 aromatic rings. The van der Waals surface area contributed by atoms with E-state index in [0.29, 0.717) is 25.2 Å². The van der Waals surface area contributed by atoms with E-state index in [9.17, 15) is 4.79 Å². The quantitative estimate of drug-likeness (QED) is 0.834. The van der Waals surface area contributed by atoms with Gasteiger partial charge in [-0.15, -0.1) is 0 Å². The summed E-state index contributed by atoms with van der Waals surface area (Å²) in [4.78, 5) is 17.0. The third-order valence-corrected chi connectivity index (χ3v) is 5.00. The largest absolute Gasteiger partial charge is 0.445 e. The van der Waals surface area contributed by atoms with E-state index in [1.165, 1.54) is 12.8 Å². The molecular weight excluding hydrogens is 302 g/mol. The average Bonchev–Trinajstić information content (AvgIpc) is 3.45. The maximum atomic E-state index is 12.6. The van der Waals surface area contributed by atoms with Crippen molar-refractivity contribution in [2.75, 3.05) is 26.2 Å². The molecule has 132 valence electrons. The van der Waals surface area contributed by atoms with Gasteiger partial charge < -0.3 is 15.4 Å². The zero-order chi connectivity index (χ0) is 16.8. The van der Waals surface area contributed by atoms with Gasteiger partial charge in [0.05, 0.1) is 0 Å². The minimum atomic E-state index is -0.167. The molecule has 1 saturated heterocycles. The summed E-state index contributed by atoms with van der Waals surface area (Å²) in [5.74, 6) is 0. The third-order valence-electron chi connectivity index (χ3n) is 5.00. The second-order valence-corrected chi connectivity index (χ2v) is 6.90. The van der Waals surface area contributed by atoms with E-state index < -0.39 is 0 Å². The summed E-state index contributed by atoms with van der Waals surface area (Å²) in [6, 6.07) is 10.7. The van der Waals surface area contributed by atoms with E-state index in [0.717, 1.165) is 44.5 Å². The SMILES string of the molecule is NCCN1CCCC[C@@H]1CN(C(=O)OCc1ccccc1)C1CC1. The monoisotopic (exact) mass is 331 g/mol. The van der Waals surface area contributed by atoms with Gasteiger partial charge >= 0.3 is 6.09 Å². The topological polar surface area (TPSA) is 58.8 Å². The zero-order valence-electron chi connectivity index (χ0n) is 14.4. The first-order valence-electron chi connectivity index (χ1n) is 9.19. The second-order valence-electron chi connectivity index (χ2n) is 6.90. The number of rotatable bonds is 7. The normalized spacial score (nSPS) is 21.5. The lowest BCUT2D eigenvalue weighted by Gasteiger charge is -2.38. The van der Waals surface area contributed by atoms with E-state index in [-0.39, 0.29) is 6.09 Å². The third kappa shape index (κ3) is 4.71. The van der Waals surface area contributed by atoms with Crippen LogP contribution in [-0.4, -0.2) is 54.2 Å². The molecule has 24 heavy (non-hydrogen) atoms. The number of piperidine rings is 1. The summed E-state index contributed by atoms with van der Waals surface area (Å²) in [5.41, 5.74) is 6.78.